The van der Waals surface area contributed by atoms with Gasteiger partial charge in [0.1, 0.15) is 0 Å². The molecule has 0 amide bonds. The molecule has 8 heavy (non-hydrogen) atoms. The van der Waals surface area contributed by atoms with Gasteiger partial charge in [-0.1, -0.05) is 6.92 Å². The predicted molar refractivity (Wildman–Crippen MR) is 42.0 cm³/mol. The molecule has 1 aliphatic rings. The van der Waals surface area contributed by atoms with Crippen molar-refractivity contribution in [2.45, 2.75) is 12.2 Å². The number of halogens is 1. The highest BCUT2D eigenvalue weighted by atomic mass is 35.5. The molecular formula is C5H12ClNS. The summed E-state index contributed by atoms with van der Waals surface area (Å²) in [5.41, 5.74) is 0. The van der Waals surface area contributed by atoms with Crippen molar-refractivity contribution >= 4 is 24.2 Å². The minimum absolute atomic E-state index is 0. The van der Waals surface area contributed by atoms with Crippen LogP contribution in [0.1, 0.15) is 6.92 Å². The molecule has 0 aliphatic carbocycles. The predicted octanol–water partition coefficient (Wildman–Crippen LogP) is 1.13. The van der Waals surface area contributed by atoms with Gasteiger partial charge < -0.3 is 5.32 Å². The van der Waals surface area contributed by atoms with E-state index in [1.54, 1.807) is 0 Å². The molecule has 0 bridgehead atoms. The molecule has 1 saturated heterocycles. The van der Waals surface area contributed by atoms with Gasteiger partial charge in [0.2, 0.25) is 0 Å². The van der Waals surface area contributed by atoms with Crippen LogP contribution in [0.5, 0.6) is 0 Å². The van der Waals surface area contributed by atoms with Crippen molar-refractivity contribution < 1.29 is 0 Å². The Kier molecular flexibility index (Phi) is 4.81. The Labute approximate surface area is 61.0 Å². The van der Waals surface area contributed by atoms with Gasteiger partial charge in [-0.05, 0) is 0 Å². The zero-order valence-corrected chi connectivity index (χ0v) is 6.65. The van der Waals surface area contributed by atoms with E-state index in [4.69, 9.17) is 0 Å². The van der Waals surface area contributed by atoms with E-state index in [9.17, 15) is 0 Å². The van der Waals surface area contributed by atoms with Gasteiger partial charge in [0.25, 0.3) is 0 Å². The first kappa shape index (κ1) is 8.60. The van der Waals surface area contributed by atoms with Crippen molar-refractivity contribution in [1.82, 2.24) is 5.32 Å². The summed E-state index contributed by atoms with van der Waals surface area (Å²) in [6.07, 6.45) is 0. The summed E-state index contributed by atoms with van der Waals surface area (Å²) in [7, 11) is 0. The zero-order valence-electron chi connectivity index (χ0n) is 5.02. The van der Waals surface area contributed by atoms with Gasteiger partial charge in [-0.15, -0.1) is 12.4 Å². The van der Waals surface area contributed by atoms with Crippen molar-refractivity contribution in [3.63, 3.8) is 0 Å². The molecule has 1 N–H and O–H groups in total. The average Bonchev–Trinajstić information content (AvgIpc) is 1.69. The highest BCUT2D eigenvalue weighted by Crippen LogP contribution is 2.10. The largest absolute Gasteiger partial charge is 0.315 e. The third-order valence-corrected chi connectivity index (χ3v) is 2.29. The number of hydrogen-bond donors (Lipinski definition) is 1. The summed E-state index contributed by atoms with van der Waals surface area (Å²) in [6, 6.07) is 0. The van der Waals surface area contributed by atoms with Crippen LogP contribution in [0.15, 0.2) is 0 Å². The van der Waals surface area contributed by atoms with Crippen LogP contribution in [0.3, 0.4) is 0 Å². The van der Waals surface area contributed by atoms with Crippen LogP contribution in [-0.2, 0) is 0 Å². The van der Waals surface area contributed by atoms with Crippen LogP contribution in [0.25, 0.3) is 0 Å². The highest BCUT2D eigenvalue weighted by Gasteiger charge is 2.05. The van der Waals surface area contributed by atoms with Crippen molar-refractivity contribution in [3.05, 3.63) is 0 Å². The molecule has 0 aromatic heterocycles. The SMILES string of the molecule is CC1CNCCS1.Cl. The summed E-state index contributed by atoms with van der Waals surface area (Å²) < 4.78 is 0. The van der Waals surface area contributed by atoms with Crippen LogP contribution in [0.2, 0.25) is 0 Å². The highest BCUT2D eigenvalue weighted by molar-refractivity contribution is 7.99. The molecule has 1 fully saturated rings. The van der Waals surface area contributed by atoms with Crippen LogP contribution in [-0.4, -0.2) is 24.1 Å². The van der Waals surface area contributed by atoms with Gasteiger partial charge in [0.15, 0.2) is 0 Å². The second kappa shape index (κ2) is 4.48. The minimum Gasteiger partial charge on any atom is -0.315 e. The number of thioether (sulfide) groups is 1. The Bertz CT molecular complexity index is 54.4. The first-order chi connectivity index (χ1) is 3.39. The van der Waals surface area contributed by atoms with Gasteiger partial charge in [-0.2, -0.15) is 11.8 Å². The van der Waals surface area contributed by atoms with E-state index in [-0.39, 0.29) is 12.4 Å². The Morgan fingerprint density at radius 3 is 2.62 bits per heavy atom. The molecule has 1 unspecified atom stereocenters. The van der Waals surface area contributed by atoms with E-state index < -0.39 is 0 Å². The molecule has 0 radical (unpaired) electrons. The van der Waals surface area contributed by atoms with E-state index in [0.717, 1.165) is 5.25 Å². The summed E-state index contributed by atoms with van der Waals surface area (Å²) in [4.78, 5) is 0. The summed E-state index contributed by atoms with van der Waals surface area (Å²) in [5.74, 6) is 1.29. The third-order valence-electron chi connectivity index (χ3n) is 1.11. The fourth-order valence-electron chi connectivity index (χ4n) is 0.697. The van der Waals surface area contributed by atoms with E-state index in [1.165, 1.54) is 18.8 Å². The molecule has 0 spiro atoms. The van der Waals surface area contributed by atoms with Crippen molar-refractivity contribution in [2.24, 2.45) is 0 Å². The fourth-order valence-corrected chi connectivity index (χ4v) is 1.60. The molecule has 1 atom stereocenters. The number of rotatable bonds is 0. The first-order valence-corrected chi connectivity index (χ1v) is 3.77. The normalized spacial score (nSPS) is 28.9. The molecular weight excluding hydrogens is 142 g/mol. The Hall–Kier alpha value is 0.600. The molecule has 1 rings (SSSR count). The molecule has 0 saturated carbocycles. The van der Waals surface area contributed by atoms with E-state index in [2.05, 4.69) is 24.0 Å². The molecule has 0 aromatic carbocycles. The van der Waals surface area contributed by atoms with Gasteiger partial charge in [0.05, 0.1) is 0 Å². The average molecular weight is 154 g/mol. The Morgan fingerprint density at radius 1 is 1.62 bits per heavy atom. The van der Waals surface area contributed by atoms with Crippen molar-refractivity contribution in [2.75, 3.05) is 18.8 Å². The van der Waals surface area contributed by atoms with Crippen molar-refractivity contribution in [1.29, 1.82) is 0 Å². The molecule has 1 heterocycles. The Balaban J connectivity index is 0.000000490. The van der Waals surface area contributed by atoms with E-state index in [0.29, 0.717) is 0 Å². The second-order valence-corrected chi connectivity index (χ2v) is 3.43. The van der Waals surface area contributed by atoms with E-state index in [1.807, 2.05) is 0 Å². The van der Waals surface area contributed by atoms with Crippen molar-refractivity contribution in [3.8, 4) is 0 Å². The molecule has 0 aromatic rings. The van der Waals surface area contributed by atoms with Gasteiger partial charge >= 0.3 is 0 Å². The molecule has 1 aliphatic heterocycles. The maximum Gasteiger partial charge on any atom is 0.0144 e. The lowest BCUT2D eigenvalue weighted by Crippen LogP contribution is -2.30. The van der Waals surface area contributed by atoms with Gasteiger partial charge in [-0.3, -0.25) is 0 Å². The molecule has 50 valence electrons. The topological polar surface area (TPSA) is 12.0 Å². The summed E-state index contributed by atoms with van der Waals surface area (Å²) in [6.45, 7) is 4.66. The lowest BCUT2D eigenvalue weighted by Gasteiger charge is -2.17. The Morgan fingerprint density at radius 2 is 2.38 bits per heavy atom. The van der Waals surface area contributed by atoms with Crippen LogP contribution >= 0.6 is 24.2 Å². The number of hydrogen-bond acceptors (Lipinski definition) is 2. The monoisotopic (exact) mass is 153 g/mol. The molecule has 3 heteroatoms. The molecule has 1 nitrogen and oxygen atoms in total. The lowest BCUT2D eigenvalue weighted by molar-refractivity contribution is 0.695. The van der Waals surface area contributed by atoms with E-state index >= 15 is 0 Å². The summed E-state index contributed by atoms with van der Waals surface area (Å²) >= 11 is 2.06. The lowest BCUT2D eigenvalue weighted by atomic mass is 10.4. The van der Waals surface area contributed by atoms with Crippen LogP contribution in [0, 0.1) is 0 Å². The fraction of sp³-hybridized carbons (Fsp3) is 1.00. The summed E-state index contributed by atoms with van der Waals surface area (Å²) in [5, 5.41) is 4.16. The second-order valence-electron chi connectivity index (χ2n) is 1.89. The maximum absolute atomic E-state index is 3.31. The van der Waals surface area contributed by atoms with Crippen LogP contribution in [0.4, 0.5) is 0 Å². The smallest absolute Gasteiger partial charge is 0.0144 e. The van der Waals surface area contributed by atoms with Crippen LogP contribution < -0.4 is 5.32 Å². The standard InChI is InChI=1S/C5H11NS.ClH/c1-5-4-6-2-3-7-5;/h5-6H,2-4H2,1H3;1H. The first-order valence-electron chi connectivity index (χ1n) is 2.72. The quantitative estimate of drug-likeness (QED) is 0.560. The van der Waals surface area contributed by atoms with Gasteiger partial charge in [0, 0.05) is 24.1 Å². The maximum atomic E-state index is 3.31. The number of nitrogens with one attached hydrogen (secondary N) is 1. The minimum atomic E-state index is 0. The third kappa shape index (κ3) is 2.80. The van der Waals surface area contributed by atoms with Gasteiger partial charge in [-0.25, -0.2) is 0 Å². The zero-order chi connectivity index (χ0) is 5.11.